The fourth-order valence-corrected chi connectivity index (χ4v) is 2.94. The lowest BCUT2D eigenvalue weighted by Crippen LogP contribution is -2.19. The summed E-state index contributed by atoms with van der Waals surface area (Å²) in [5, 5.41) is 11.0. The summed E-state index contributed by atoms with van der Waals surface area (Å²) in [5.41, 5.74) is 6.82. The molecule has 2 amide bonds. The Morgan fingerprint density at radius 3 is 2.75 bits per heavy atom. The third kappa shape index (κ3) is 10.2. The number of nitrogens with one attached hydrogen (secondary N) is 3. The van der Waals surface area contributed by atoms with Crippen LogP contribution in [-0.4, -0.2) is 50.0 Å². The number of carbonyl (C=O) groups is 2. The Morgan fingerprint density at radius 1 is 1.22 bits per heavy atom. The maximum atomic E-state index is 12.2. The van der Waals surface area contributed by atoms with Crippen LogP contribution in [0.5, 0.6) is 0 Å². The molecule has 0 saturated heterocycles. The van der Waals surface area contributed by atoms with Crippen molar-refractivity contribution in [3.63, 3.8) is 0 Å². The first-order valence-electron chi connectivity index (χ1n) is 11.3. The van der Waals surface area contributed by atoms with Gasteiger partial charge in [-0.15, -0.1) is 0 Å². The molecule has 0 spiro atoms. The fourth-order valence-electron chi connectivity index (χ4n) is 2.94. The highest BCUT2D eigenvalue weighted by atomic mass is 16.5. The highest BCUT2D eigenvalue weighted by Crippen LogP contribution is 2.15. The van der Waals surface area contributed by atoms with Crippen LogP contribution in [0.2, 0.25) is 0 Å². The maximum Gasteiger partial charge on any atom is 0.272 e. The van der Waals surface area contributed by atoms with Gasteiger partial charge in [-0.05, 0) is 66.8 Å². The largest absolute Gasteiger partial charge is 0.497 e. The van der Waals surface area contributed by atoms with E-state index in [2.05, 4.69) is 44.5 Å². The van der Waals surface area contributed by atoms with Gasteiger partial charge in [0.25, 0.3) is 5.91 Å². The summed E-state index contributed by atoms with van der Waals surface area (Å²) >= 11 is 0. The average Bonchev–Trinajstić information content (AvgIpc) is 2.90. The van der Waals surface area contributed by atoms with E-state index >= 15 is 0 Å². The summed E-state index contributed by atoms with van der Waals surface area (Å²) in [4.78, 5) is 28.3. The van der Waals surface area contributed by atoms with Crippen LogP contribution in [0.3, 0.4) is 0 Å². The van der Waals surface area contributed by atoms with Gasteiger partial charge in [-0.25, -0.2) is 15.8 Å². The van der Waals surface area contributed by atoms with Crippen LogP contribution in [-0.2, 0) is 14.3 Å². The number of rotatable bonds is 14. The molecule has 0 bridgehead atoms. The first-order chi connectivity index (χ1) is 17.4. The molecule has 1 aromatic rings. The normalized spacial score (nSPS) is 13.6. The second kappa shape index (κ2) is 15.4. The Bertz CT molecular complexity index is 1080. The van der Waals surface area contributed by atoms with Gasteiger partial charge in [0.1, 0.15) is 17.3 Å². The molecule has 1 aliphatic carbocycles. The number of ether oxygens (including phenoxy) is 2. The molecule has 1 heterocycles. The van der Waals surface area contributed by atoms with Crippen LogP contribution in [0.25, 0.3) is 0 Å². The van der Waals surface area contributed by atoms with E-state index in [9.17, 15) is 9.59 Å². The number of anilines is 1. The van der Waals surface area contributed by atoms with Crippen molar-refractivity contribution in [2.24, 2.45) is 10.2 Å². The number of hydrogen-bond acceptors (Lipinski definition) is 8. The van der Waals surface area contributed by atoms with E-state index in [1.807, 2.05) is 12.2 Å². The van der Waals surface area contributed by atoms with E-state index in [0.717, 1.165) is 24.2 Å². The Morgan fingerprint density at radius 2 is 2.06 bits per heavy atom. The number of nitrogens with zero attached hydrogens (tertiary/aromatic N) is 3. The van der Waals surface area contributed by atoms with E-state index in [1.165, 1.54) is 25.6 Å². The highest BCUT2D eigenvalue weighted by Gasteiger charge is 2.06. The van der Waals surface area contributed by atoms with Crippen LogP contribution in [0.15, 0.2) is 88.7 Å². The van der Waals surface area contributed by atoms with Gasteiger partial charge in [0.15, 0.2) is 0 Å². The first-order valence-corrected chi connectivity index (χ1v) is 11.3. The number of hydrogen-bond donors (Lipinski definition) is 3. The Labute approximate surface area is 211 Å². The number of aromatic nitrogens is 1. The Balaban J connectivity index is 1.68. The SMILES string of the molecule is C=C/C(=C\C(=C)/C=N/NC(=O)c1ccc(NCCCC(=O)N/N=C/C2=CC(OC)=CCC2)nc1)OC. The van der Waals surface area contributed by atoms with Crippen molar-refractivity contribution in [1.29, 1.82) is 0 Å². The van der Waals surface area contributed by atoms with Crippen molar-refractivity contribution in [3.05, 3.63) is 84.0 Å². The van der Waals surface area contributed by atoms with Gasteiger partial charge in [0.05, 0.1) is 32.2 Å². The molecule has 1 aromatic heterocycles. The number of pyridine rings is 1. The van der Waals surface area contributed by atoms with Crippen LogP contribution in [0, 0.1) is 0 Å². The number of amides is 2. The molecule has 0 aliphatic heterocycles. The van der Waals surface area contributed by atoms with Crippen LogP contribution in [0.1, 0.15) is 36.0 Å². The van der Waals surface area contributed by atoms with Gasteiger partial charge in [-0.1, -0.05) is 13.2 Å². The van der Waals surface area contributed by atoms with Gasteiger partial charge >= 0.3 is 0 Å². The molecule has 2 rings (SSSR count). The minimum atomic E-state index is -0.409. The molecule has 3 N–H and O–H groups in total. The lowest BCUT2D eigenvalue weighted by atomic mass is 10.1. The van der Waals surface area contributed by atoms with E-state index in [4.69, 9.17) is 9.47 Å². The number of methoxy groups -OCH3 is 2. The third-order valence-electron chi connectivity index (χ3n) is 4.83. The van der Waals surface area contributed by atoms with Crippen molar-refractivity contribution in [3.8, 4) is 0 Å². The summed E-state index contributed by atoms with van der Waals surface area (Å²) in [6, 6.07) is 3.31. The minimum Gasteiger partial charge on any atom is -0.497 e. The summed E-state index contributed by atoms with van der Waals surface area (Å²) in [7, 11) is 3.14. The zero-order valence-electron chi connectivity index (χ0n) is 20.6. The first kappa shape index (κ1) is 27.8. The second-order valence-electron chi connectivity index (χ2n) is 7.55. The van der Waals surface area contributed by atoms with E-state index < -0.39 is 5.91 Å². The van der Waals surface area contributed by atoms with Crippen LogP contribution >= 0.6 is 0 Å². The monoisotopic (exact) mass is 492 g/mol. The zero-order valence-corrected chi connectivity index (χ0v) is 20.6. The van der Waals surface area contributed by atoms with Gasteiger partial charge in [0, 0.05) is 19.2 Å². The minimum absolute atomic E-state index is 0.173. The van der Waals surface area contributed by atoms with Crippen LogP contribution < -0.4 is 16.2 Å². The number of hydrazone groups is 2. The molecule has 0 saturated carbocycles. The van der Waals surface area contributed by atoms with Gasteiger partial charge in [-0.3, -0.25) is 9.59 Å². The van der Waals surface area contributed by atoms with Crippen molar-refractivity contribution in [2.45, 2.75) is 25.7 Å². The molecule has 0 radical (unpaired) electrons. The molecule has 10 nitrogen and oxygen atoms in total. The summed E-state index contributed by atoms with van der Waals surface area (Å²) < 4.78 is 10.3. The molecule has 0 unspecified atom stereocenters. The lowest BCUT2D eigenvalue weighted by molar-refractivity contribution is -0.121. The maximum absolute atomic E-state index is 12.2. The smallest absolute Gasteiger partial charge is 0.272 e. The average molecular weight is 493 g/mol. The standard InChI is InChI=1S/C26H32N6O4/c1-5-22(35-3)14-19(2)16-29-32-26(34)21-11-12-24(28-18-21)27-13-7-10-25(33)31-30-17-20-8-6-9-23(15-20)36-4/h5,9,11-12,14-18H,1-2,6-8,10,13H2,3-4H3,(H,27,28)(H,31,33)(H,32,34)/b22-14+,29-16+,30-17+. The molecular formula is C26H32N6O4. The summed E-state index contributed by atoms with van der Waals surface area (Å²) in [6.07, 6.45) is 14.2. The topological polar surface area (TPSA) is 126 Å². The van der Waals surface area contributed by atoms with E-state index in [-0.39, 0.29) is 5.91 Å². The second-order valence-corrected chi connectivity index (χ2v) is 7.55. The molecule has 0 atom stereocenters. The number of allylic oxidation sites excluding steroid dienone is 6. The fraction of sp³-hybridized carbons (Fsp3) is 0.269. The Kier molecular flexibility index (Phi) is 11.9. The van der Waals surface area contributed by atoms with Crippen molar-refractivity contribution in [1.82, 2.24) is 15.8 Å². The van der Waals surface area contributed by atoms with Crippen molar-refractivity contribution in [2.75, 3.05) is 26.1 Å². The van der Waals surface area contributed by atoms with Gasteiger partial charge in [0.2, 0.25) is 5.91 Å². The molecule has 1 aliphatic rings. The van der Waals surface area contributed by atoms with E-state index in [0.29, 0.717) is 42.1 Å². The van der Waals surface area contributed by atoms with Crippen molar-refractivity contribution < 1.29 is 19.1 Å². The molecule has 0 aromatic carbocycles. The highest BCUT2D eigenvalue weighted by molar-refractivity contribution is 5.94. The quantitative estimate of drug-likeness (QED) is 0.120. The van der Waals surface area contributed by atoms with Crippen LogP contribution in [0.4, 0.5) is 5.82 Å². The summed E-state index contributed by atoms with van der Waals surface area (Å²) in [6.45, 7) is 7.94. The molecule has 0 fully saturated rings. The van der Waals surface area contributed by atoms with Gasteiger partial charge < -0.3 is 14.8 Å². The van der Waals surface area contributed by atoms with Gasteiger partial charge in [-0.2, -0.15) is 10.2 Å². The predicted molar refractivity (Wildman–Crippen MR) is 141 cm³/mol. The summed E-state index contributed by atoms with van der Waals surface area (Å²) in [5.74, 6) is 1.35. The zero-order chi connectivity index (χ0) is 26.2. The molecule has 190 valence electrons. The third-order valence-corrected chi connectivity index (χ3v) is 4.83. The van der Waals surface area contributed by atoms with E-state index in [1.54, 1.807) is 31.5 Å². The molecular weight excluding hydrogens is 460 g/mol. The molecule has 36 heavy (non-hydrogen) atoms. The predicted octanol–water partition coefficient (Wildman–Crippen LogP) is 3.61. The Hall–Kier alpha value is -4.47. The number of carbonyl (C=O) groups excluding carboxylic acids is 2. The van der Waals surface area contributed by atoms with Crippen molar-refractivity contribution >= 4 is 30.1 Å². The molecule has 10 heteroatoms. The lowest BCUT2D eigenvalue weighted by Gasteiger charge is -2.09.